The Hall–Kier alpha value is -1.62. The molecule has 0 saturated heterocycles. The summed E-state index contributed by atoms with van der Waals surface area (Å²) in [4.78, 5) is 13.6. The van der Waals surface area contributed by atoms with E-state index >= 15 is 0 Å². The maximum Gasteiger partial charge on any atom is 0.288 e. The van der Waals surface area contributed by atoms with Crippen LogP contribution in [0.25, 0.3) is 0 Å². The number of hydrogen-bond donors (Lipinski definition) is 1. The number of likely N-dealkylation sites (N-methyl/N-ethyl adjacent to an activating group) is 1. The zero-order valence-corrected chi connectivity index (χ0v) is 11.3. The number of carbonyl (C=O) groups excluding carboxylic acids is 1. The third-order valence-corrected chi connectivity index (χ3v) is 2.52. The predicted octanol–water partition coefficient (Wildman–Crippen LogP) is -2.35. The summed E-state index contributed by atoms with van der Waals surface area (Å²) in [5.74, 6) is 0.0816. The molecule has 0 saturated carbocycles. The molecule has 0 radical (unpaired) electrons. The van der Waals surface area contributed by atoms with Crippen LogP contribution in [-0.4, -0.2) is 35.3 Å². The van der Waals surface area contributed by atoms with Gasteiger partial charge in [0.05, 0.1) is 11.8 Å². The van der Waals surface area contributed by atoms with Crippen molar-refractivity contribution in [3.8, 4) is 0 Å². The Bertz CT molecular complexity index is 406. The number of pyridine rings is 1. The van der Waals surface area contributed by atoms with Crippen molar-refractivity contribution < 1.29 is 27.0 Å². The molecule has 0 aliphatic rings. The van der Waals surface area contributed by atoms with Crippen LogP contribution in [0.1, 0.15) is 19.4 Å². The molecule has 100 valence electrons. The van der Waals surface area contributed by atoms with E-state index in [2.05, 4.69) is 5.16 Å². The van der Waals surface area contributed by atoms with E-state index in [9.17, 15) is 4.79 Å². The summed E-state index contributed by atoms with van der Waals surface area (Å²) in [6.07, 6.45) is 4.91. The van der Waals surface area contributed by atoms with Gasteiger partial charge in [-0.05, 0) is 19.9 Å². The monoisotopic (exact) mass is 271 g/mol. The topological polar surface area (TPSA) is 56.8 Å². The Balaban J connectivity index is 0.00000289. The van der Waals surface area contributed by atoms with Gasteiger partial charge in [0.25, 0.3) is 5.91 Å². The number of rotatable bonds is 5. The van der Waals surface area contributed by atoms with Crippen molar-refractivity contribution in [3.63, 3.8) is 0 Å². The summed E-state index contributed by atoms with van der Waals surface area (Å²) in [5.41, 5.74) is 0.752. The average Bonchev–Trinajstić information content (AvgIpc) is 2.31. The van der Waals surface area contributed by atoms with E-state index in [-0.39, 0.29) is 18.3 Å². The molecule has 1 N–H and O–H groups in total. The Labute approximate surface area is 113 Å². The van der Waals surface area contributed by atoms with Gasteiger partial charge in [-0.15, -0.1) is 0 Å². The van der Waals surface area contributed by atoms with E-state index in [1.807, 2.05) is 26.1 Å². The molecule has 1 amide bonds. The van der Waals surface area contributed by atoms with Gasteiger partial charge in [0.2, 0.25) is 6.54 Å². The standard InChI is InChI=1S/C12H17N3O2.ClH/c1-3-15(4-2)12(16)10-14-7-5-6-11(9-14)8-13-17;/h5-9H,3-4,10H2,1-2H3;1H/b13-8+;. The fraction of sp³-hybridized carbons (Fsp3) is 0.417. The number of amides is 1. The third-order valence-electron chi connectivity index (χ3n) is 2.52. The summed E-state index contributed by atoms with van der Waals surface area (Å²) in [5, 5.41) is 11.4. The Kier molecular flexibility index (Phi) is 7.71. The van der Waals surface area contributed by atoms with Crippen LogP contribution in [0.3, 0.4) is 0 Å². The van der Waals surface area contributed by atoms with E-state index in [0.717, 1.165) is 5.56 Å². The first-order chi connectivity index (χ1) is 8.21. The second-order valence-electron chi connectivity index (χ2n) is 3.62. The summed E-state index contributed by atoms with van der Waals surface area (Å²) >= 11 is 0. The van der Waals surface area contributed by atoms with Crippen LogP contribution in [0.15, 0.2) is 29.7 Å². The van der Waals surface area contributed by atoms with Crippen LogP contribution in [0.5, 0.6) is 0 Å². The summed E-state index contributed by atoms with van der Waals surface area (Å²) in [7, 11) is 0. The summed E-state index contributed by atoms with van der Waals surface area (Å²) in [6, 6.07) is 3.62. The van der Waals surface area contributed by atoms with Crippen molar-refractivity contribution in [2.75, 3.05) is 13.1 Å². The van der Waals surface area contributed by atoms with Gasteiger partial charge in [0.15, 0.2) is 12.4 Å². The Morgan fingerprint density at radius 3 is 2.72 bits per heavy atom. The van der Waals surface area contributed by atoms with Gasteiger partial charge in [-0.3, -0.25) is 4.79 Å². The maximum atomic E-state index is 11.9. The smallest absolute Gasteiger partial charge is 0.288 e. The van der Waals surface area contributed by atoms with Gasteiger partial charge in [-0.25, -0.2) is 0 Å². The molecule has 0 bridgehead atoms. The highest BCUT2D eigenvalue weighted by molar-refractivity contribution is 5.78. The van der Waals surface area contributed by atoms with Crippen LogP contribution < -0.4 is 17.0 Å². The lowest BCUT2D eigenvalue weighted by atomic mass is 10.3. The van der Waals surface area contributed by atoms with E-state index in [1.165, 1.54) is 6.21 Å². The molecule has 0 aromatic carbocycles. The first kappa shape index (κ1) is 16.4. The van der Waals surface area contributed by atoms with Gasteiger partial charge >= 0.3 is 0 Å². The SMILES string of the molecule is CCN(CC)C(=O)C[n+]1cccc(/C=N/O)c1.[Cl-]. The third kappa shape index (κ3) is 4.71. The molecule has 1 aromatic rings. The number of aromatic nitrogens is 1. The quantitative estimate of drug-likeness (QED) is 0.282. The number of oxime groups is 1. The van der Waals surface area contributed by atoms with E-state index in [1.54, 1.807) is 21.7 Å². The van der Waals surface area contributed by atoms with Gasteiger partial charge in [-0.1, -0.05) is 5.16 Å². The number of hydrogen-bond acceptors (Lipinski definition) is 3. The number of halogens is 1. The highest BCUT2D eigenvalue weighted by Gasteiger charge is 2.14. The van der Waals surface area contributed by atoms with Crippen molar-refractivity contribution in [3.05, 3.63) is 30.1 Å². The molecule has 0 spiro atoms. The normalized spacial score (nSPS) is 10.1. The van der Waals surface area contributed by atoms with Gasteiger partial charge in [0.1, 0.15) is 0 Å². The fourth-order valence-corrected chi connectivity index (χ4v) is 1.62. The van der Waals surface area contributed by atoms with Crippen LogP contribution in [0.2, 0.25) is 0 Å². The summed E-state index contributed by atoms with van der Waals surface area (Å²) in [6.45, 7) is 5.65. The van der Waals surface area contributed by atoms with E-state index in [4.69, 9.17) is 5.21 Å². The summed E-state index contributed by atoms with van der Waals surface area (Å²) < 4.78 is 1.78. The highest BCUT2D eigenvalue weighted by atomic mass is 35.5. The molecule has 1 aromatic heterocycles. The molecule has 0 unspecified atom stereocenters. The van der Waals surface area contributed by atoms with Crippen LogP contribution in [-0.2, 0) is 11.3 Å². The number of nitrogens with zero attached hydrogens (tertiary/aromatic N) is 3. The largest absolute Gasteiger partial charge is 1.00 e. The molecule has 1 rings (SSSR count). The molecule has 6 heteroatoms. The second kappa shape index (κ2) is 8.47. The van der Waals surface area contributed by atoms with Crippen LogP contribution in [0, 0.1) is 0 Å². The zero-order chi connectivity index (χ0) is 12.7. The molecule has 0 aliphatic carbocycles. The van der Waals surface area contributed by atoms with Crippen molar-refractivity contribution in [1.82, 2.24) is 4.90 Å². The highest BCUT2D eigenvalue weighted by Crippen LogP contribution is 1.92. The fourth-order valence-electron chi connectivity index (χ4n) is 1.62. The minimum atomic E-state index is 0. The molecular weight excluding hydrogens is 254 g/mol. The lowest BCUT2D eigenvalue weighted by Gasteiger charge is -2.16. The predicted molar refractivity (Wildman–Crippen MR) is 63.9 cm³/mol. The second-order valence-corrected chi connectivity index (χ2v) is 3.62. The van der Waals surface area contributed by atoms with E-state index < -0.39 is 0 Å². The molecule has 5 nitrogen and oxygen atoms in total. The Morgan fingerprint density at radius 2 is 2.17 bits per heavy atom. The molecule has 0 fully saturated rings. The van der Waals surface area contributed by atoms with Gasteiger partial charge in [-0.2, -0.15) is 4.57 Å². The minimum absolute atomic E-state index is 0. The zero-order valence-electron chi connectivity index (χ0n) is 10.6. The van der Waals surface area contributed by atoms with E-state index in [0.29, 0.717) is 19.6 Å². The molecule has 0 aliphatic heterocycles. The molecule has 0 atom stereocenters. The van der Waals surface area contributed by atoms with Gasteiger partial charge in [0, 0.05) is 19.2 Å². The lowest BCUT2D eigenvalue weighted by molar-refractivity contribution is -0.685. The van der Waals surface area contributed by atoms with Crippen molar-refractivity contribution in [2.45, 2.75) is 20.4 Å². The van der Waals surface area contributed by atoms with Crippen LogP contribution in [0.4, 0.5) is 0 Å². The maximum absolute atomic E-state index is 11.9. The number of carbonyl (C=O) groups is 1. The molecule has 18 heavy (non-hydrogen) atoms. The molecular formula is C12H18ClN3O2. The van der Waals surface area contributed by atoms with Crippen molar-refractivity contribution in [2.24, 2.45) is 5.16 Å². The van der Waals surface area contributed by atoms with Gasteiger partial charge < -0.3 is 22.5 Å². The first-order valence-corrected chi connectivity index (χ1v) is 5.65. The van der Waals surface area contributed by atoms with Crippen LogP contribution >= 0.6 is 0 Å². The van der Waals surface area contributed by atoms with Crippen molar-refractivity contribution in [1.29, 1.82) is 0 Å². The first-order valence-electron chi connectivity index (χ1n) is 5.65. The minimum Gasteiger partial charge on any atom is -1.00 e. The lowest BCUT2D eigenvalue weighted by Crippen LogP contribution is -3.00. The van der Waals surface area contributed by atoms with Crippen molar-refractivity contribution >= 4 is 12.1 Å². The average molecular weight is 272 g/mol. The molecule has 1 heterocycles. The Morgan fingerprint density at radius 1 is 1.50 bits per heavy atom.